The Balaban J connectivity index is 2.02. The van der Waals surface area contributed by atoms with E-state index < -0.39 is 47.3 Å². The van der Waals surface area contributed by atoms with Gasteiger partial charge in [-0.25, -0.2) is 9.48 Å². The van der Waals surface area contributed by atoms with Crippen molar-refractivity contribution in [2.45, 2.75) is 32.5 Å². The maximum Gasteiger partial charge on any atom is 0.441 e. The number of tetrazole rings is 1. The fourth-order valence-electron chi connectivity index (χ4n) is 2.76. The van der Waals surface area contributed by atoms with E-state index in [2.05, 4.69) is 30.9 Å². The van der Waals surface area contributed by atoms with Crippen LogP contribution in [0.3, 0.4) is 0 Å². The second-order valence-corrected chi connectivity index (χ2v) is 5.83. The van der Waals surface area contributed by atoms with Gasteiger partial charge in [-0.15, -0.1) is 5.10 Å². The van der Waals surface area contributed by atoms with Crippen LogP contribution in [0.25, 0.3) is 5.53 Å². The SMILES string of the molecule is C[C@@H](NC(=O)Cn1cnnn1)[C@H]1C(=O)N[C@@H]1[C@@H](C)C(=O)C(=[N+]=[N-])C(=O)O. The number of carbonyl (C=O) groups is 4. The van der Waals surface area contributed by atoms with Crippen molar-refractivity contribution in [2.24, 2.45) is 11.8 Å². The molecule has 26 heavy (non-hydrogen) atoms. The Morgan fingerprint density at radius 2 is 2.15 bits per heavy atom. The van der Waals surface area contributed by atoms with Crippen LogP contribution in [-0.4, -0.2) is 71.5 Å². The van der Waals surface area contributed by atoms with E-state index in [0.29, 0.717) is 0 Å². The maximum absolute atomic E-state index is 12.1. The Morgan fingerprint density at radius 3 is 2.65 bits per heavy atom. The van der Waals surface area contributed by atoms with E-state index in [1.807, 2.05) is 0 Å². The molecule has 0 spiro atoms. The van der Waals surface area contributed by atoms with Gasteiger partial charge in [0.1, 0.15) is 12.9 Å². The van der Waals surface area contributed by atoms with Crippen LogP contribution in [0.2, 0.25) is 0 Å². The maximum atomic E-state index is 12.1. The summed E-state index contributed by atoms with van der Waals surface area (Å²) in [6.07, 6.45) is 1.26. The van der Waals surface area contributed by atoms with Gasteiger partial charge in [-0.2, -0.15) is 4.79 Å². The number of Topliss-reactive ketones (excluding diaryl/α,β-unsaturated/α-hetero) is 1. The number of hydrogen-bond donors (Lipinski definition) is 3. The molecule has 2 amide bonds. The van der Waals surface area contributed by atoms with Gasteiger partial charge in [0.25, 0.3) is 5.78 Å². The summed E-state index contributed by atoms with van der Waals surface area (Å²) in [5, 5.41) is 24.3. The van der Waals surface area contributed by atoms with Gasteiger partial charge in [-0.1, -0.05) is 6.92 Å². The molecule has 0 bridgehead atoms. The minimum atomic E-state index is -1.67. The van der Waals surface area contributed by atoms with Crippen molar-refractivity contribution in [3.05, 3.63) is 11.9 Å². The average molecular weight is 364 g/mol. The first-order valence-electron chi connectivity index (χ1n) is 7.56. The fourth-order valence-corrected chi connectivity index (χ4v) is 2.76. The monoisotopic (exact) mass is 364 g/mol. The molecule has 1 aromatic rings. The second kappa shape index (κ2) is 7.61. The van der Waals surface area contributed by atoms with Crippen LogP contribution < -0.4 is 10.6 Å². The molecular formula is C13H16N8O5. The second-order valence-electron chi connectivity index (χ2n) is 5.83. The van der Waals surface area contributed by atoms with Crippen molar-refractivity contribution >= 4 is 29.3 Å². The first kappa shape index (κ1) is 18.9. The van der Waals surface area contributed by atoms with Crippen molar-refractivity contribution in [3.63, 3.8) is 0 Å². The molecule has 13 heteroatoms. The van der Waals surface area contributed by atoms with E-state index in [1.165, 1.54) is 17.9 Å². The van der Waals surface area contributed by atoms with Crippen LogP contribution in [0.1, 0.15) is 13.8 Å². The molecule has 0 aromatic carbocycles. The van der Waals surface area contributed by atoms with Gasteiger partial charge in [-0.05, 0) is 17.4 Å². The smallest absolute Gasteiger partial charge is 0.441 e. The van der Waals surface area contributed by atoms with E-state index in [1.54, 1.807) is 6.92 Å². The van der Waals surface area contributed by atoms with Crippen LogP contribution in [0.5, 0.6) is 0 Å². The van der Waals surface area contributed by atoms with Crippen molar-refractivity contribution < 1.29 is 29.1 Å². The molecule has 13 nitrogen and oxygen atoms in total. The molecule has 1 saturated heterocycles. The quantitative estimate of drug-likeness (QED) is 0.145. The molecule has 1 fully saturated rings. The molecule has 2 rings (SSSR count). The molecule has 1 aromatic heterocycles. The van der Waals surface area contributed by atoms with Gasteiger partial charge in [0.2, 0.25) is 11.8 Å². The Kier molecular flexibility index (Phi) is 5.52. The number of nitrogens with one attached hydrogen (secondary N) is 2. The Bertz CT molecular complexity index is 784. The molecule has 1 aliphatic heterocycles. The summed E-state index contributed by atoms with van der Waals surface area (Å²) in [4.78, 5) is 49.4. The number of carboxylic acids is 1. The molecule has 0 saturated carbocycles. The summed E-state index contributed by atoms with van der Waals surface area (Å²) in [5.41, 5.74) is 7.66. The van der Waals surface area contributed by atoms with E-state index in [0.717, 1.165) is 0 Å². The molecule has 4 atom stereocenters. The van der Waals surface area contributed by atoms with Crippen LogP contribution in [0, 0.1) is 11.8 Å². The highest BCUT2D eigenvalue weighted by atomic mass is 16.4. The van der Waals surface area contributed by atoms with E-state index in [9.17, 15) is 19.2 Å². The standard InChI is InChI=1S/C13H16N8O5/c1-5(11(23)10(18-14)13(25)26)9-8(12(24)17-9)6(2)16-7(22)3-21-4-15-19-20-21/h4-6,8-9H,3H2,1-2H3,(H,16,22)(H,17,24)(H,25,26)/t5-,6-,8-,9-/m1/s1. The number of carbonyl (C=O) groups excluding carboxylic acids is 3. The van der Waals surface area contributed by atoms with Crippen molar-refractivity contribution in [1.29, 1.82) is 0 Å². The van der Waals surface area contributed by atoms with E-state index in [-0.39, 0.29) is 12.5 Å². The van der Waals surface area contributed by atoms with Crippen LogP contribution in [-0.2, 0) is 25.7 Å². The van der Waals surface area contributed by atoms with Crippen molar-refractivity contribution in [3.8, 4) is 0 Å². The van der Waals surface area contributed by atoms with E-state index in [4.69, 9.17) is 10.6 Å². The summed E-state index contributed by atoms with van der Waals surface area (Å²) in [7, 11) is 0. The molecule has 0 unspecified atom stereocenters. The Labute approximate surface area is 146 Å². The van der Waals surface area contributed by atoms with Gasteiger partial charge in [0.15, 0.2) is 0 Å². The fraction of sp³-hybridized carbons (Fsp3) is 0.538. The molecular weight excluding hydrogens is 348 g/mol. The summed E-state index contributed by atoms with van der Waals surface area (Å²) < 4.78 is 1.20. The first-order chi connectivity index (χ1) is 12.3. The highest BCUT2D eigenvalue weighted by Gasteiger charge is 2.50. The minimum Gasteiger partial charge on any atom is -0.472 e. The third-order valence-electron chi connectivity index (χ3n) is 4.11. The lowest BCUT2D eigenvalue weighted by Gasteiger charge is -2.42. The number of β-lactam (4-membered cyclic amide) rings is 1. The van der Waals surface area contributed by atoms with Crippen LogP contribution in [0.15, 0.2) is 6.33 Å². The summed E-state index contributed by atoms with van der Waals surface area (Å²) >= 11 is 0. The largest absolute Gasteiger partial charge is 0.472 e. The molecule has 0 radical (unpaired) electrons. The summed E-state index contributed by atoms with van der Waals surface area (Å²) in [5.74, 6) is -5.14. The number of amides is 2. The zero-order valence-electron chi connectivity index (χ0n) is 13.9. The number of rotatable bonds is 8. The number of carboxylic acid groups (broad SMARTS) is 1. The number of hydrogen-bond acceptors (Lipinski definition) is 7. The highest BCUT2D eigenvalue weighted by molar-refractivity contribution is 6.62. The lowest BCUT2D eigenvalue weighted by atomic mass is 9.75. The Morgan fingerprint density at radius 1 is 1.46 bits per heavy atom. The molecule has 1 aliphatic rings. The van der Waals surface area contributed by atoms with Gasteiger partial charge in [-0.3, -0.25) is 14.4 Å². The average Bonchev–Trinajstić information content (AvgIpc) is 3.04. The third kappa shape index (κ3) is 3.78. The number of ketones is 1. The van der Waals surface area contributed by atoms with Gasteiger partial charge < -0.3 is 21.3 Å². The normalized spacial score (nSPS) is 20.8. The minimum absolute atomic E-state index is 0.148. The lowest BCUT2D eigenvalue weighted by Crippen LogP contribution is -2.68. The van der Waals surface area contributed by atoms with Gasteiger partial charge in [0.05, 0.1) is 12.0 Å². The third-order valence-corrected chi connectivity index (χ3v) is 4.11. The molecule has 2 heterocycles. The zero-order chi connectivity index (χ0) is 19.4. The van der Waals surface area contributed by atoms with Gasteiger partial charge in [0, 0.05) is 12.0 Å². The lowest BCUT2D eigenvalue weighted by molar-refractivity contribution is -0.141. The van der Waals surface area contributed by atoms with Crippen LogP contribution in [0.4, 0.5) is 0 Å². The van der Waals surface area contributed by atoms with E-state index >= 15 is 0 Å². The predicted molar refractivity (Wildman–Crippen MR) is 81.3 cm³/mol. The van der Waals surface area contributed by atoms with Crippen molar-refractivity contribution in [1.82, 2.24) is 30.8 Å². The summed E-state index contributed by atoms with van der Waals surface area (Å²) in [6, 6.07) is -1.35. The predicted octanol–water partition coefficient (Wildman–Crippen LogP) is -2.75. The highest BCUT2D eigenvalue weighted by Crippen LogP contribution is 2.26. The molecule has 138 valence electrons. The summed E-state index contributed by atoms with van der Waals surface area (Å²) in [6.45, 7) is 2.84. The zero-order valence-corrected chi connectivity index (χ0v) is 13.9. The topological polar surface area (TPSA) is 193 Å². The van der Waals surface area contributed by atoms with Crippen LogP contribution >= 0.6 is 0 Å². The van der Waals surface area contributed by atoms with Crippen molar-refractivity contribution in [2.75, 3.05) is 0 Å². The first-order valence-corrected chi connectivity index (χ1v) is 7.56. The number of nitrogens with zero attached hydrogens (tertiary/aromatic N) is 6. The van der Waals surface area contributed by atoms with Gasteiger partial charge >= 0.3 is 11.7 Å². The number of aromatic nitrogens is 4. The number of aliphatic carboxylic acids is 1. The Hall–Kier alpha value is -3.47. The molecule has 3 N–H and O–H groups in total. The molecule has 0 aliphatic carbocycles.